The quantitative estimate of drug-likeness (QED) is 0.845. The number of aromatic nitrogens is 4. The summed E-state index contributed by atoms with van der Waals surface area (Å²) < 4.78 is 6.54. The summed E-state index contributed by atoms with van der Waals surface area (Å²) in [6.45, 7) is 4.00. The van der Waals surface area contributed by atoms with Gasteiger partial charge in [-0.1, -0.05) is 11.3 Å². The minimum atomic E-state index is -0.458. The smallest absolute Gasteiger partial charge is 0.369 e. The average molecular weight is 267 g/mol. The number of nitrogens with one attached hydrogen (secondary N) is 1. The van der Waals surface area contributed by atoms with Crippen molar-refractivity contribution in [3.8, 4) is 0 Å². The molecule has 8 heteroatoms. The van der Waals surface area contributed by atoms with Gasteiger partial charge in [0.1, 0.15) is 0 Å². The number of esters is 1. The molecule has 2 rings (SSSR count). The largest absolute Gasteiger partial charge is 0.461 e. The Balaban J connectivity index is 2.11. The SMILES string of the molecule is CCOC(=O)c1nnc(Nc2nn(C)cc2C)s1. The summed E-state index contributed by atoms with van der Waals surface area (Å²) in [4.78, 5) is 11.4. The van der Waals surface area contributed by atoms with Crippen molar-refractivity contribution >= 4 is 28.3 Å². The Hall–Kier alpha value is -1.96. The van der Waals surface area contributed by atoms with Gasteiger partial charge >= 0.3 is 5.97 Å². The number of hydrogen-bond donors (Lipinski definition) is 1. The van der Waals surface area contributed by atoms with Gasteiger partial charge in [0.2, 0.25) is 10.1 Å². The number of nitrogens with zero attached hydrogens (tertiary/aromatic N) is 4. The molecular weight excluding hydrogens is 254 g/mol. The number of aryl methyl sites for hydroxylation is 2. The summed E-state index contributed by atoms with van der Waals surface area (Å²) in [5.74, 6) is 0.241. The minimum Gasteiger partial charge on any atom is -0.461 e. The van der Waals surface area contributed by atoms with Crippen LogP contribution in [-0.2, 0) is 11.8 Å². The lowest BCUT2D eigenvalue weighted by molar-refractivity contribution is 0.0525. The van der Waals surface area contributed by atoms with Crippen molar-refractivity contribution in [3.63, 3.8) is 0 Å². The summed E-state index contributed by atoms with van der Waals surface area (Å²) in [5, 5.41) is 15.6. The third-order valence-corrected chi connectivity index (χ3v) is 2.93. The zero-order chi connectivity index (χ0) is 13.1. The molecule has 0 bridgehead atoms. The topological polar surface area (TPSA) is 81.9 Å². The van der Waals surface area contributed by atoms with E-state index in [1.54, 1.807) is 11.6 Å². The van der Waals surface area contributed by atoms with E-state index < -0.39 is 5.97 Å². The Morgan fingerprint density at radius 3 is 2.94 bits per heavy atom. The van der Waals surface area contributed by atoms with E-state index in [4.69, 9.17) is 4.74 Å². The molecule has 2 heterocycles. The average Bonchev–Trinajstić information content (AvgIpc) is 2.88. The lowest BCUT2D eigenvalue weighted by atomic mass is 10.4. The van der Waals surface area contributed by atoms with Gasteiger partial charge in [-0.2, -0.15) is 5.10 Å². The summed E-state index contributed by atoms with van der Waals surface area (Å²) in [5.41, 5.74) is 0.991. The summed E-state index contributed by atoms with van der Waals surface area (Å²) in [7, 11) is 1.84. The molecule has 0 aliphatic rings. The van der Waals surface area contributed by atoms with Crippen molar-refractivity contribution in [2.24, 2.45) is 7.05 Å². The van der Waals surface area contributed by atoms with Crippen molar-refractivity contribution in [1.29, 1.82) is 0 Å². The van der Waals surface area contributed by atoms with Crippen LogP contribution in [0.3, 0.4) is 0 Å². The summed E-state index contributed by atoms with van der Waals surface area (Å²) in [6, 6.07) is 0. The lowest BCUT2D eigenvalue weighted by Crippen LogP contribution is -2.03. The van der Waals surface area contributed by atoms with Crippen molar-refractivity contribution < 1.29 is 9.53 Å². The molecule has 0 spiro atoms. The second-order valence-electron chi connectivity index (χ2n) is 3.59. The van der Waals surface area contributed by atoms with Crippen LogP contribution in [0.5, 0.6) is 0 Å². The highest BCUT2D eigenvalue weighted by molar-refractivity contribution is 7.17. The lowest BCUT2D eigenvalue weighted by Gasteiger charge is -1.97. The van der Waals surface area contributed by atoms with Crippen molar-refractivity contribution in [1.82, 2.24) is 20.0 Å². The van der Waals surface area contributed by atoms with Crippen molar-refractivity contribution in [2.45, 2.75) is 13.8 Å². The molecule has 1 N–H and O–H groups in total. The predicted octanol–water partition coefficient (Wildman–Crippen LogP) is 1.50. The van der Waals surface area contributed by atoms with Gasteiger partial charge in [-0.3, -0.25) is 4.68 Å². The van der Waals surface area contributed by atoms with Crippen LogP contribution in [0.25, 0.3) is 0 Å². The maximum Gasteiger partial charge on any atom is 0.369 e. The van der Waals surface area contributed by atoms with Gasteiger partial charge in [0.15, 0.2) is 5.82 Å². The van der Waals surface area contributed by atoms with Crippen LogP contribution in [-0.4, -0.2) is 32.6 Å². The Morgan fingerprint density at radius 1 is 1.56 bits per heavy atom. The van der Waals surface area contributed by atoms with Gasteiger partial charge in [0, 0.05) is 18.8 Å². The zero-order valence-corrected chi connectivity index (χ0v) is 11.1. The number of hydrogen-bond acceptors (Lipinski definition) is 7. The van der Waals surface area contributed by atoms with E-state index in [0.29, 0.717) is 17.6 Å². The molecule has 7 nitrogen and oxygen atoms in total. The van der Waals surface area contributed by atoms with Crippen LogP contribution in [0.2, 0.25) is 0 Å². The second-order valence-corrected chi connectivity index (χ2v) is 4.57. The Morgan fingerprint density at radius 2 is 2.33 bits per heavy atom. The van der Waals surface area contributed by atoms with E-state index in [-0.39, 0.29) is 5.01 Å². The minimum absolute atomic E-state index is 0.230. The van der Waals surface area contributed by atoms with Crippen LogP contribution in [0, 0.1) is 6.92 Å². The second kappa shape index (κ2) is 5.13. The first kappa shape index (κ1) is 12.5. The predicted molar refractivity (Wildman–Crippen MR) is 67.1 cm³/mol. The van der Waals surface area contributed by atoms with E-state index in [9.17, 15) is 4.79 Å². The summed E-state index contributed by atoms with van der Waals surface area (Å²) >= 11 is 1.14. The molecule has 0 amide bonds. The highest BCUT2D eigenvalue weighted by Crippen LogP contribution is 2.22. The van der Waals surface area contributed by atoms with Crippen molar-refractivity contribution in [2.75, 3.05) is 11.9 Å². The maximum atomic E-state index is 11.4. The number of ether oxygens (including phenoxy) is 1. The first-order valence-electron chi connectivity index (χ1n) is 5.38. The number of carbonyl (C=O) groups is 1. The van der Waals surface area contributed by atoms with Crippen LogP contribution in [0.4, 0.5) is 10.9 Å². The highest BCUT2D eigenvalue weighted by Gasteiger charge is 2.14. The number of carbonyl (C=O) groups excluding carboxylic acids is 1. The fraction of sp³-hybridized carbons (Fsp3) is 0.400. The van der Waals surface area contributed by atoms with E-state index in [1.807, 2.05) is 20.2 Å². The zero-order valence-electron chi connectivity index (χ0n) is 10.3. The normalized spacial score (nSPS) is 10.4. The monoisotopic (exact) mass is 267 g/mol. The molecule has 0 saturated heterocycles. The molecule has 96 valence electrons. The van der Waals surface area contributed by atoms with Gasteiger partial charge in [0.25, 0.3) is 0 Å². The van der Waals surface area contributed by atoms with Gasteiger partial charge in [-0.15, -0.1) is 10.2 Å². The van der Waals surface area contributed by atoms with E-state index in [1.165, 1.54) is 0 Å². The van der Waals surface area contributed by atoms with E-state index in [2.05, 4.69) is 20.6 Å². The Bertz CT molecular complexity index is 562. The van der Waals surface area contributed by atoms with Gasteiger partial charge in [0.05, 0.1) is 6.61 Å². The fourth-order valence-electron chi connectivity index (χ4n) is 1.38. The first-order chi connectivity index (χ1) is 8.60. The van der Waals surface area contributed by atoms with Gasteiger partial charge < -0.3 is 10.1 Å². The molecule has 0 atom stereocenters. The van der Waals surface area contributed by atoms with E-state index >= 15 is 0 Å². The molecule has 0 unspecified atom stereocenters. The molecule has 0 fully saturated rings. The van der Waals surface area contributed by atoms with E-state index in [0.717, 1.165) is 16.9 Å². The standard InChI is InChI=1S/C10H13N5O2S/c1-4-17-9(16)8-12-13-10(18-8)11-7-6(2)5-15(3)14-7/h5H,4H2,1-3H3,(H,11,13,14). The Kier molecular flexibility index (Phi) is 3.56. The molecule has 0 aromatic carbocycles. The molecule has 2 aromatic rings. The van der Waals surface area contributed by atoms with Crippen molar-refractivity contribution in [3.05, 3.63) is 16.8 Å². The summed E-state index contributed by atoms with van der Waals surface area (Å²) in [6.07, 6.45) is 1.88. The maximum absolute atomic E-state index is 11.4. The van der Waals surface area contributed by atoms with Crippen LogP contribution < -0.4 is 5.32 Å². The third-order valence-electron chi connectivity index (χ3n) is 2.11. The number of anilines is 2. The molecular formula is C10H13N5O2S. The highest BCUT2D eigenvalue weighted by atomic mass is 32.1. The van der Waals surface area contributed by atoms with Crippen LogP contribution >= 0.6 is 11.3 Å². The fourth-order valence-corrected chi connectivity index (χ4v) is 2.02. The van der Waals surface area contributed by atoms with Gasteiger partial charge in [-0.25, -0.2) is 4.79 Å². The molecule has 2 aromatic heterocycles. The third kappa shape index (κ3) is 2.65. The molecule has 0 aliphatic carbocycles. The molecule has 0 saturated carbocycles. The number of rotatable bonds is 4. The first-order valence-corrected chi connectivity index (χ1v) is 6.19. The molecule has 0 aliphatic heterocycles. The molecule has 0 radical (unpaired) electrons. The Labute approximate surface area is 108 Å². The van der Waals surface area contributed by atoms with Gasteiger partial charge in [-0.05, 0) is 13.8 Å². The van der Waals surface area contributed by atoms with Crippen LogP contribution in [0.1, 0.15) is 22.3 Å². The molecule has 18 heavy (non-hydrogen) atoms. The van der Waals surface area contributed by atoms with Crippen LogP contribution in [0.15, 0.2) is 6.20 Å².